The number of ketones is 1. The summed E-state index contributed by atoms with van der Waals surface area (Å²) in [5.74, 6) is -1.32. The highest BCUT2D eigenvalue weighted by atomic mass is 16.5. The number of rotatable bonds is 5. The van der Waals surface area contributed by atoms with E-state index in [-0.39, 0.29) is 18.3 Å². The van der Waals surface area contributed by atoms with Crippen LogP contribution in [0.5, 0.6) is 0 Å². The highest BCUT2D eigenvalue weighted by Crippen LogP contribution is 2.50. The lowest BCUT2D eigenvalue weighted by Crippen LogP contribution is -2.18. The molecule has 0 N–H and O–H groups in total. The number of carbonyl (C=O) groups is 2. The van der Waals surface area contributed by atoms with Gasteiger partial charge in [-0.1, -0.05) is 91.0 Å². The van der Waals surface area contributed by atoms with Gasteiger partial charge in [0.2, 0.25) is 0 Å². The van der Waals surface area contributed by atoms with Crippen LogP contribution in [0.4, 0.5) is 0 Å². The molecule has 0 unspecified atom stereocenters. The molecule has 0 amide bonds. The van der Waals surface area contributed by atoms with E-state index >= 15 is 0 Å². The lowest BCUT2D eigenvalue weighted by Gasteiger charge is -2.22. The molecule has 1 aliphatic carbocycles. The van der Waals surface area contributed by atoms with Gasteiger partial charge in [-0.2, -0.15) is 0 Å². The van der Waals surface area contributed by atoms with E-state index in [2.05, 4.69) is 0 Å². The summed E-state index contributed by atoms with van der Waals surface area (Å²) in [5.41, 5.74) is 3.50. The third kappa shape index (κ3) is 3.52. The Morgan fingerprint density at radius 3 is 1.76 bits per heavy atom. The molecule has 0 radical (unpaired) electrons. The fourth-order valence-corrected chi connectivity index (χ4v) is 4.13. The fraction of sp³-hybridized carbons (Fsp3) is 0.154. The van der Waals surface area contributed by atoms with Crippen molar-refractivity contribution in [3.05, 3.63) is 113 Å². The molecule has 0 bridgehead atoms. The summed E-state index contributed by atoms with van der Waals surface area (Å²) in [6, 6.07) is 28.9. The van der Waals surface area contributed by atoms with Gasteiger partial charge in [-0.25, -0.2) is 4.79 Å². The molecule has 2 atom stereocenters. The number of benzene rings is 3. The van der Waals surface area contributed by atoms with E-state index in [9.17, 15) is 9.59 Å². The molecular formula is C26H22O3. The Bertz CT molecular complexity index is 1040. The van der Waals surface area contributed by atoms with Gasteiger partial charge in [0, 0.05) is 11.5 Å². The third-order valence-electron chi connectivity index (χ3n) is 5.32. The normalized spacial score (nSPS) is 18.7. The zero-order valence-electron chi connectivity index (χ0n) is 16.2. The van der Waals surface area contributed by atoms with Gasteiger partial charge in [0.1, 0.15) is 0 Å². The van der Waals surface area contributed by atoms with Crippen molar-refractivity contribution in [2.75, 3.05) is 6.61 Å². The molecule has 0 spiro atoms. The summed E-state index contributed by atoms with van der Waals surface area (Å²) in [6.45, 7) is 2.04. The summed E-state index contributed by atoms with van der Waals surface area (Å²) in [6.07, 6.45) is 0. The molecule has 0 saturated heterocycles. The van der Waals surface area contributed by atoms with Crippen LogP contribution < -0.4 is 0 Å². The predicted molar refractivity (Wildman–Crippen MR) is 113 cm³/mol. The zero-order chi connectivity index (χ0) is 20.2. The van der Waals surface area contributed by atoms with E-state index in [0.717, 1.165) is 16.7 Å². The Balaban J connectivity index is 1.97. The zero-order valence-corrected chi connectivity index (χ0v) is 16.2. The molecule has 3 nitrogen and oxygen atoms in total. The first-order valence-corrected chi connectivity index (χ1v) is 9.83. The van der Waals surface area contributed by atoms with Crippen LogP contribution in [0, 0.1) is 0 Å². The van der Waals surface area contributed by atoms with E-state index < -0.39 is 11.9 Å². The average Bonchev–Trinajstić information content (AvgIpc) is 3.09. The van der Waals surface area contributed by atoms with Gasteiger partial charge in [0.15, 0.2) is 5.78 Å². The first kappa shape index (κ1) is 18.9. The van der Waals surface area contributed by atoms with Crippen LogP contribution >= 0.6 is 0 Å². The second kappa shape index (κ2) is 8.27. The maximum atomic E-state index is 13.7. The number of carbonyl (C=O) groups excluding carboxylic acids is 2. The number of ether oxygens (including phenoxy) is 1. The molecule has 0 aliphatic heterocycles. The van der Waals surface area contributed by atoms with E-state index in [1.54, 1.807) is 6.92 Å². The van der Waals surface area contributed by atoms with Crippen LogP contribution in [0.3, 0.4) is 0 Å². The standard InChI is InChI=1S/C26H22O3/c1-2-29-26(28)24-21(18-12-6-3-7-13-18)22(19-14-8-4-9-15-19)25(27)23(24)20-16-10-5-11-17-20/h3-17,21-22H,2H2,1H3/t21-,22-/m0/s1. The molecule has 0 saturated carbocycles. The number of allylic oxidation sites excluding steroid dienone is 1. The molecule has 1 aliphatic rings. The van der Waals surface area contributed by atoms with Crippen molar-refractivity contribution in [1.82, 2.24) is 0 Å². The fourth-order valence-electron chi connectivity index (χ4n) is 4.13. The molecule has 144 valence electrons. The molecule has 0 heterocycles. The van der Waals surface area contributed by atoms with Gasteiger partial charge >= 0.3 is 5.97 Å². The van der Waals surface area contributed by atoms with Crippen molar-refractivity contribution >= 4 is 17.3 Å². The van der Waals surface area contributed by atoms with Crippen LogP contribution in [-0.4, -0.2) is 18.4 Å². The van der Waals surface area contributed by atoms with Crippen molar-refractivity contribution in [1.29, 1.82) is 0 Å². The van der Waals surface area contributed by atoms with Gasteiger partial charge in [-0.15, -0.1) is 0 Å². The third-order valence-corrected chi connectivity index (χ3v) is 5.32. The average molecular weight is 382 g/mol. The summed E-state index contributed by atoms with van der Waals surface area (Å²) in [5, 5.41) is 0. The van der Waals surface area contributed by atoms with Crippen LogP contribution in [0.2, 0.25) is 0 Å². The van der Waals surface area contributed by atoms with Crippen molar-refractivity contribution in [2.24, 2.45) is 0 Å². The highest BCUT2D eigenvalue weighted by Gasteiger charge is 2.46. The highest BCUT2D eigenvalue weighted by molar-refractivity contribution is 6.32. The molecule has 3 aromatic carbocycles. The molecule has 4 rings (SSSR count). The largest absolute Gasteiger partial charge is 0.463 e. The number of Topliss-reactive ketones (excluding diaryl/α,β-unsaturated/α-hetero) is 1. The lowest BCUT2D eigenvalue weighted by atomic mass is 9.80. The maximum absolute atomic E-state index is 13.7. The van der Waals surface area contributed by atoms with Crippen molar-refractivity contribution < 1.29 is 14.3 Å². The van der Waals surface area contributed by atoms with E-state index in [1.807, 2.05) is 91.0 Å². The van der Waals surface area contributed by atoms with Crippen LogP contribution in [0.25, 0.3) is 5.57 Å². The second-order valence-corrected chi connectivity index (χ2v) is 7.02. The minimum Gasteiger partial charge on any atom is -0.463 e. The van der Waals surface area contributed by atoms with Gasteiger partial charge in [0.25, 0.3) is 0 Å². The van der Waals surface area contributed by atoms with Gasteiger partial charge < -0.3 is 4.74 Å². The van der Waals surface area contributed by atoms with Crippen molar-refractivity contribution in [2.45, 2.75) is 18.8 Å². The maximum Gasteiger partial charge on any atom is 0.335 e. The molecular weight excluding hydrogens is 360 g/mol. The van der Waals surface area contributed by atoms with Gasteiger partial charge in [0.05, 0.1) is 18.1 Å². The summed E-state index contributed by atoms with van der Waals surface area (Å²) >= 11 is 0. The smallest absolute Gasteiger partial charge is 0.335 e. The monoisotopic (exact) mass is 382 g/mol. The number of esters is 1. The Morgan fingerprint density at radius 2 is 1.24 bits per heavy atom. The Hall–Kier alpha value is -3.46. The van der Waals surface area contributed by atoms with E-state index in [1.165, 1.54) is 0 Å². The quantitative estimate of drug-likeness (QED) is 0.573. The number of hydrogen-bond donors (Lipinski definition) is 0. The minimum atomic E-state index is -0.465. The topological polar surface area (TPSA) is 43.4 Å². The molecule has 3 aromatic rings. The molecule has 0 fully saturated rings. The van der Waals surface area contributed by atoms with Crippen LogP contribution in [-0.2, 0) is 14.3 Å². The summed E-state index contributed by atoms with van der Waals surface area (Å²) in [7, 11) is 0. The summed E-state index contributed by atoms with van der Waals surface area (Å²) in [4.78, 5) is 26.8. The molecule has 0 aromatic heterocycles. The summed E-state index contributed by atoms with van der Waals surface area (Å²) < 4.78 is 5.41. The molecule has 29 heavy (non-hydrogen) atoms. The number of hydrogen-bond acceptors (Lipinski definition) is 3. The second-order valence-electron chi connectivity index (χ2n) is 7.02. The van der Waals surface area contributed by atoms with Crippen molar-refractivity contribution in [3.8, 4) is 0 Å². The predicted octanol–water partition coefficient (Wildman–Crippen LogP) is 5.15. The van der Waals surface area contributed by atoms with Crippen LogP contribution in [0.15, 0.2) is 96.6 Å². The Morgan fingerprint density at radius 1 is 0.759 bits per heavy atom. The Kier molecular flexibility index (Phi) is 5.39. The molecule has 3 heteroatoms. The lowest BCUT2D eigenvalue weighted by molar-refractivity contribution is -0.138. The van der Waals surface area contributed by atoms with Crippen molar-refractivity contribution in [3.63, 3.8) is 0 Å². The van der Waals surface area contributed by atoms with Gasteiger partial charge in [-0.05, 0) is 23.6 Å². The van der Waals surface area contributed by atoms with Gasteiger partial charge in [-0.3, -0.25) is 4.79 Å². The minimum absolute atomic E-state index is 0.0423. The van der Waals surface area contributed by atoms with E-state index in [0.29, 0.717) is 11.1 Å². The first-order chi connectivity index (χ1) is 14.2. The Labute approximate surface area is 170 Å². The first-order valence-electron chi connectivity index (χ1n) is 9.83. The SMILES string of the molecule is CCOC(=O)C1=C(c2ccccc2)C(=O)[C@@H](c2ccccc2)[C@@H]1c1ccccc1. The van der Waals surface area contributed by atoms with E-state index in [4.69, 9.17) is 4.74 Å². The van der Waals surface area contributed by atoms with Crippen LogP contribution in [0.1, 0.15) is 35.4 Å².